The largest absolute Gasteiger partial charge is 0.399 e. The third-order valence-electron chi connectivity index (χ3n) is 1.51. The van der Waals surface area contributed by atoms with Gasteiger partial charge >= 0.3 is 0 Å². The Balaban J connectivity index is 3.00. The van der Waals surface area contributed by atoms with Crippen LogP contribution in [-0.4, -0.2) is 14.2 Å². The lowest BCUT2D eigenvalue weighted by Crippen LogP contribution is -2.16. The van der Waals surface area contributed by atoms with Crippen molar-refractivity contribution in [1.82, 2.24) is 0 Å². The number of nitrogen functional groups attached to an aromatic ring is 1. The molecule has 0 aliphatic rings. The van der Waals surface area contributed by atoms with Crippen LogP contribution in [-0.2, 0) is 10.0 Å². The number of anilines is 2. The second kappa shape index (κ2) is 4.14. The number of halogens is 1. The molecule has 0 fully saturated rings. The molecule has 3 N–H and O–H groups in total. The molecule has 0 unspecified atom stereocenters. The van der Waals surface area contributed by atoms with Crippen LogP contribution in [0.1, 0.15) is 0 Å². The van der Waals surface area contributed by atoms with Gasteiger partial charge in [-0.3, -0.25) is 4.72 Å². The summed E-state index contributed by atoms with van der Waals surface area (Å²) in [7, 11) is -3.83. The predicted octanol–water partition coefficient (Wildman–Crippen LogP) is 0.673. The van der Waals surface area contributed by atoms with E-state index in [0.717, 1.165) is 12.1 Å². The molecule has 15 heavy (non-hydrogen) atoms. The number of nitriles is 1. The van der Waals surface area contributed by atoms with Crippen LogP contribution in [0.5, 0.6) is 0 Å². The van der Waals surface area contributed by atoms with Crippen LogP contribution in [0.3, 0.4) is 0 Å². The first-order valence-electron chi connectivity index (χ1n) is 3.87. The fourth-order valence-corrected chi connectivity index (χ4v) is 1.64. The maximum absolute atomic E-state index is 13.1. The van der Waals surface area contributed by atoms with Crippen molar-refractivity contribution in [3.8, 4) is 6.07 Å². The maximum Gasteiger partial charge on any atom is 0.246 e. The van der Waals surface area contributed by atoms with E-state index < -0.39 is 21.6 Å². The topological polar surface area (TPSA) is 96.0 Å². The predicted molar refractivity (Wildman–Crippen MR) is 53.8 cm³/mol. The Kier molecular flexibility index (Phi) is 3.11. The lowest BCUT2D eigenvalue weighted by atomic mass is 10.3. The summed E-state index contributed by atoms with van der Waals surface area (Å²) in [5, 5.41) is 8.22. The van der Waals surface area contributed by atoms with E-state index in [1.165, 1.54) is 12.1 Å². The fraction of sp³-hybridized carbons (Fsp3) is 0.125. The molecule has 0 atom stereocenters. The summed E-state index contributed by atoms with van der Waals surface area (Å²) in [5.74, 6) is -1.48. The highest BCUT2D eigenvalue weighted by atomic mass is 32.2. The zero-order valence-corrected chi connectivity index (χ0v) is 8.38. The standard InChI is InChI=1S/C8H8FN3O2S/c9-7-2-1-6(11)5-8(7)12-15(13,14)4-3-10/h1-2,5,12H,4,11H2. The van der Waals surface area contributed by atoms with Gasteiger partial charge in [0.25, 0.3) is 0 Å². The first-order valence-corrected chi connectivity index (χ1v) is 5.52. The van der Waals surface area contributed by atoms with Gasteiger partial charge in [0.15, 0.2) is 5.75 Å². The van der Waals surface area contributed by atoms with Gasteiger partial charge in [0.05, 0.1) is 11.8 Å². The highest BCUT2D eigenvalue weighted by Gasteiger charge is 2.12. The third-order valence-corrected chi connectivity index (χ3v) is 2.55. The zero-order chi connectivity index (χ0) is 11.5. The monoisotopic (exact) mass is 229 g/mol. The van der Waals surface area contributed by atoms with Crippen molar-refractivity contribution in [2.45, 2.75) is 0 Å². The van der Waals surface area contributed by atoms with Crippen molar-refractivity contribution in [3.63, 3.8) is 0 Å². The van der Waals surface area contributed by atoms with E-state index in [-0.39, 0.29) is 11.4 Å². The van der Waals surface area contributed by atoms with Crippen LogP contribution >= 0.6 is 0 Å². The second-order valence-corrected chi connectivity index (χ2v) is 4.48. The minimum Gasteiger partial charge on any atom is -0.399 e. The van der Waals surface area contributed by atoms with E-state index in [9.17, 15) is 12.8 Å². The number of nitrogens with zero attached hydrogens (tertiary/aromatic N) is 1. The van der Waals surface area contributed by atoms with Crippen LogP contribution in [0.15, 0.2) is 18.2 Å². The summed E-state index contributed by atoms with van der Waals surface area (Å²) in [6, 6.07) is 4.95. The molecule has 5 nitrogen and oxygen atoms in total. The first kappa shape index (κ1) is 11.3. The van der Waals surface area contributed by atoms with E-state index in [1.54, 1.807) is 0 Å². The maximum atomic E-state index is 13.1. The molecule has 0 aromatic heterocycles. The van der Waals surface area contributed by atoms with Crippen molar-refractivity contribution in [1.29, 1.82) is 5.26 Å². The molecule has 1 aromatic carbocycles. The van der Waals surface area contributed by atoms with Crippen molar-refractivity contribution in [3.05, 3.63) is 24.0 Å². The van der Waals surface area contributed by atoms with E-state index in [4.69, 9.17) is 11.0 Å². The van der Waals surface area contributed by atoms with Gasteiger partial charge in [-0.2, -0.15) is 5.26 Å². The van der Waals surface area contributed by atoms with Gasteiger partial charge in [-0.15, -0.1) is 0 Å². The lowest BCUT2D eigenvalue weighted by Gasteiger charge is -2.06. The van der Waals surface area contributed by atoms with Gasteiger partial charge in [-0.05, 0) is 18.2 Å². The molecule has 0 radical (unpaired) electrons. The van der Waals surface area contributed by atoms with Crippen molar-refractivity contribution < 1.29 is 12.8 Å². The smallest absolute Gasteiger partial charge is 0.246 e. The average molecular weight is 229 g/mol. The molecule has 1 rings (SSSR count). The summed E-state index contributed by atoms with van der Waals surface area (Å²) in [5.41, 5.74) is 5.32. The number of benzene rings is 1. The number of nitrogens with one attached hydrogen (secondary N) is 1. The summed E-state index contributed by atoms with van der Waals surface area (Å²) < 4.78 is 37.2. The second-order valence-electron chi connectivity index (χ2n) is 2.76. The van der Waals surface area contributed by atoms with Crippen LogP contribution in [0, 0.1) is 17.1 Å². The summed E-state index contributed by atoms with van der Waals surface area (Å²) in [6.07, 6.45) is 0. The number of nitrogens with two attached hydrogens (primary N) is 1. The molecular weight excluding hydrogens is 221 g/mol. The molecule has 0 saturated heterocycles. The molecule has 80 valence electrons. The van der Waals surface area contributed by atoms with Crippen LogP contribution < -0.4 is 10.5 Å². The van der Waals surface area contributed by atoms with Crippen molar-refractivity contribution in [2.24, 2.45) is 0 Å². The minimum atomic E-state index is -3.83. The Labute approximate surface area is 86.4 Å². The minimum absolute atomic E-state index is 0.228. The SMILES string of the molecule is N#CCS(=O)(=O)Nc1cc(N)ccc1F. The van der Waals surface area contributed by atoms with Gasteiger partial charge in [-0.25, -0.2) is 12.8 Å². The highest BCUT2D eigenvalue weighted by molar-refractivity contribution is 7.92. The number of hydrogen-bond donors (Lipinski definition) is 2. The molecule has 0 heterocycles. The molecule has 0 spiro atoms. The van der Waals surface area contributed by atoms with Crippen LogP contribution in [0.25, 0.3) is 0 Å². The Hall–Kier alpha value is -1.81. The number of sulfonamides is 1. The van der Waals surface area contributed by atoms with E-state index >= 15 is 0 Å². The molecule has 0 saturated carbocycles. The summed E-state index contributed by atoms with van der Waals surface area (Å²) >= 11 is 0. The van der Waals surface area contributed by atoms with E-state index in [2.05, 4.69) is 0 Å². The van der Waals surface area contributed by atoms with E-state index in [1.807, 2.05) is 4.72 Å². The third kappa shape index (κ3) is 3.11. The molecule has 0 amide bonds. The van der Waals surface area contributed by atoms with Gasteiger partial charge in [0.1, 0.15) is 5.82 Å². The summed E-state index contributed by atoms with van der Waals surface area (Å²) in [6.45, 7) is 0. The lowest BCUT2D eigenvalue weighted by molar-refractivity contribution is 0.601. The quantitative estimate of drug-likeness (QED) is 0.744. The molecule has 7 heteroatoms. The molecule has 0 bridgehead atoms. The Morgan fingerprint density at radius 3 is 2.80 bits per heavy atom. The van der Waals surface area contributed by atoms with E-state index in [0.29, 0.717) is 0 Å². The molecule has 1 aromatic rings. The molecule has 0 aliphatic carbocycles. The average Bonchev–Trinajstić information content (AvgIpc) is 2.10. The number of rotatable bonds is 3. The molecule has 0 aliphatic heterocycles. The van der Waals surface area contributed by atoms with Gasteiger partial charge in [-0.1, -0.05) is 0 Å². The number of hydrogen-bond acceptors (Lipinski definition) is 4. The normalized spacial score (nSPS) is 10.7. The van der Waals surface area contributed by atoms with Crippen LogP contribution in [0.4, 0.5) is 15.8 Å². The highest BCUT2D eigenvalue weighted by Crippen LogP contribution is 2.18. The van der Waals surface area contributed by atoms with Crippen molar-refractivity contribution >= 4 is 21.4 Å². The first-order chi connectivity index (χ1) is 6.94. The zero-order valence-electron chi connectivity index (χ0n) is 7.57. The summed E-state index contributed by atoms with van der Waals surface area (Å²) in [4.78, 5) is 0. The van der Waals surface area contributed by atoms with Crippen molar-refractivity contribution in [2.75, 3.05) is 16.2 Å². The van der Waals surface area contributed by atoms with Gasteiger partial charge in [0.2, 0.25) is 10.0 Å². The molecular formula is C8H8FN3O2S. The fourth-order valence-electron chi connectivity index (χ4n) is 0.910. The van der Waals surface area contributed by atoms with Crippen LogP contribution in [0.2, 0.25) is 0 Å². The Morgan fingerprint density at radius 1 is 1.53 bits per heavy atom. The Morgan fingerprint density at radius 2 is 2.20 bits per heavy atom. The Bertz CT molecular complexity index is 507. The van der Waals surface area contributed by atoms with Gasteiger partial charge < -0.3 is 5.73 Å². The van der Waals surface area contributed by atoms with Gasteiger partial charge in [0, 0.05) is 5.69 Å².